The maximum Gasteiger partial charge on any atom is 0.334 e. The Hall–Kier alpha value is -1.04. The van der Waals surface area contributed by atoms with E-state index in [-0.39, 0.29) is 6.54 Å². The van der Waals surface area contributed by atoms with Crippen LogP contribution in [0.25, 0.3) is 0 Å². The predicted molar refractivity (Wildman–Crippen MR) is 34.2 cm³/mol. The first-order valence-corrected chi connectivity index (χ1v) is 2.86. The molecule has 1 aliphatic heterocycles. The molecule has 0 atom stereocenters. The Morgan fingerprint density at radius 1 is 1.40 bits per heavy atom. The Balaban J connectivity index is 2.72. The van der Waals surface area contributed by atoms with Crippen LogP contribution in [-0.2, 0) is 9.59 Å². The molecule has 1 N–H and O–H groups in total. The van der Waals surface area contributed by atoms with Crippen molar-refractivity contribution in [2.45, 2.75) is 0 Å². The fraction of sp³-hybridized carbons (Fsp3) is 0.250. The van der Waals surface area contributed by atoms with E-state index in [4.69, 9.17) is 0 Å². The van der Waals surface area contributed by atoms with Crippen molar-refractivity contribution in [3.8, 4) is 0 Å². The van der Waals surface area contributed by atoms with Crippen LogP contribution in [0.4, 0.5) is 4.79 Å². The quantitative estimate of drug-likeness (QED) is 0.351. The van der Waals surface area contributed by atoms with E-state index >= 15 is 0 Å². The van der Waals surface area contributed by atoms with Gasteiger partial charge in [-0.3, -0.25) is 19.2 Å². The lowest BCUT2D eigenvalue weighted by atomic mass is 10.3. The van der Waals surface area contributed by atoms with Crippen molar-refractivity contribution in [1.29, 1.82) is 0 Å². The maximum atomic E-state index is 10.5. The molecular weight excluding hydrogens is 156 g/mol. The number of nitrogens with zero attached hydrogens (tertiary/aromatic N) is 1. The summed E-state index contributed by atoms with van der Waals surface area (Å²) < 4.78 is 0.837. The van der Waals surface area contributed by atoms with Gasteiger partial charge in [-0.1, -0.05) is 12.8 Å². The molecule has 0 unspecified atom stereocenters. The van der Waals surface area contributed by atoms with E-state index in [0.29, 0.717) is 0 Å². The molecule has 5 nitrogen and oxygen atoms in total. The fourth-order valence-corrected chi connectivity index (χ4v) is 0.689. The van der Waals surface area contributed by atoms with Gasteiger partial charge in [0, 0.05) is 0 Å². The number of amides is 3. The van der Waals surface area contributed by atoms with Crippen molar-refractivity contribution in [1.82, 2.24) is 9.62 Å². The molecule has 0 spiro atoms. The summed E-state index contributed by atoms with van der Waals surface area (Å²) in [5, 5.41) is 1.80. The van der Waals surface area contributed by atoms with Gasteiger partial charge in [-0.25, -0.2) is 4.79 Å². The highest BCUT2D eigenvalue weighted by atomic mass is 32.1. The molecule has 1 saturated heterocycles. The van der Waals surface area contributed by atoms with Crippen LogP contribution in [0.1, 0.15) is 0 Å². The van der Waals surface area contributed by atoms with E-state index < -0.39 is 17.7 Å². The zero-order valence-electron chi connectivity index (χ0n) is 4.83. The Bertz CT molecular complexity index is 215. The molecule has 1 aliphatic rings. The van der Waals surface area contributed by atoms with Crippen LogP contribution in [0.15, 0.2) is 0 Å². The molecule has 0 aromatic heterocycles. The predicted octanol–water partition coefficient (Wildman–Crippen LogP) is -1.05. The second-order valence-corrected chi connectivity index (χ2v) is 2.22. The van der Waals surface area contributed by atoms with E-state index in [2.05, 4.69) is 12.8 Å². The molecule has 1 heterocycles. The summed E-state index contributed by atoms with van der Waals surface area (Å²) in [6.07, 6.45) is 0. The molecule has 0 saturated carbocycles. The first-order chi connectivity index (χ1) is 4.61. The minimum atomic E-state index is -0.865. The molecule has 0 bridgehead atoms. The first kappa shape index (κ1) is 7.07. The topological polar surface area (TPSA) is 66.5 Å². The highest BCUT2D eigenvalue weighted by Gasteiger charge is 2.27. The first-order valence-electron chi connectivity index (χ1n) is 2.46. The van der Waals surface area contributed by atoms with Crippen molar-refractivity contribution in [3.05, 3.63) is 0 Å². The number of carbonyl (C=O) groups is 3. The lowest BCUT2D eigenvalue weighted by molar-refractivity contribution is -0.138. The highest BCUT2D eigenvalue weighted by molar-refractivity contribution is 7.78. The number of rotatable bonds is 0. The number of ketones is 1. The monoisotopic (exact) mass is 160 g/mol. The average molecular weight is 160 g/mol. The van der Waals surface area contributed by atoms with Crippen LogP contribution in [0, 0.1) is 0 Å². The maximum absolute atomic E-state index is 10.5. The molecule has 54 valence electrons. The van der Waals surface area contributed by atoms with Gasteiger partial charge >= 0.3 is 6.03 Å². The molecular formula is C4H4N2O3S. The number of Topliss-reactive ketones (excluding diaryl/α,β-unsaturated/α-hetero) is 1. The van der Waals surface area contributed by atoms with Crippen LogP contribution in [0.5, 0.6) is 0 Å². The van der Waals surface area contributed by atoms with Crippen LogP contribution < -0.4 is 5.32 Å². The normalized spacial score (nSPS) is 19.3. The Morgan fingerprint density at radius 3 is 2.50 bits per heavy atom. The van der Waals surface area contributed by atoms with E-state index in [0.717, 1.165) is 4.31 Å². The standard InChI is InChI=1S/C4H4N2O3S/c7-2-1-6(10)4(9)5-3(2)8/h10H,1H2,(H,5,8,9). The Labute approximate surface area is 61.9 Å². The second-order valence-electron chi connectivity index (χ2n) is 1.74. The molecule has 0 radical (unpaired) electrons. The summed E-state index contributed by atoms with van der Waals surface area (Å²) in [7, 11) is 0. The van der Waals surface area contributed by atoms with Crippen molar-refractivity contribution in [2.24, 2.45) is 0 Å². The third-order valence-electron chi connectivity index (χ3n) is 1.00. The van der Waals surface area contributed by atoms with Gasteiger partial charge in [-0.2, -0.15) is 0 Å². The van der Waals surface area contributed by atoms with Crippen LogP contribution in [0.2, 0.25) is 0 Å². The average Bonchev–Trinajstić information content (AvgIpc) is 1.84. The SMILES string of the molecule is O=C1CN(S)C(=O)NC1=O. The lowest BCUT2D eigenvalue weighted by Gasteiger charge is -2.18. The lowest BCUT2D eigenvalue weighted by Crippen LogP contribution is -2.51. The van der Waals surface area contributed by atoms with Gasteiger partial charge in [0.1, 0.15) is 6.54 Å². The van der Waals surface area contributed by atoms with Gasteiger partial charge in [0.2, 0.25) is 5.78 Å². The van der Waals surface area contributed by atoms with Gasteiger partial charge in [-0.05, 0) is 0 Å². The number of imide groups is 1. The third kappa shape index (κ3) is 1.10. The molecule has 0 aliphatic carbocycles. The van der Waals surface area contributed by atoms with Crippen LogP contribution in [-0.4, -0.2) is 28.6 Å². The largest absolute Gasteiger partial charge is 0.334 e. The second kappa shape index (κ2) is 2.30. The minimum Gasteiger partial charge on any atom is -0.287 e. The number of carbonyl (C=O) groups excluding carboxylic acids is 3. The summed E-state index contributed by atoms with van der Waals surface area (Å²) in [4.78, 5) is 31.4. The van der Waals surface area contributed by atoms with Gasteiger partial charge < -0.3 is 0 Å². The van der Waals surface area contributed by atoms with E-state index in [1.807, 2.05) is 0 Å². The summed E-state index contributed by atoms with van der Waals surface area (Å²) in [5.74, 6) is -1.52. The third-order valence-corrected chi connectivity index (χ3v) is 1.32. The van der Waals surface area contributed by atoms with Crippen molar-refractivity contribution >= 4 is 30.5 Å². The van der Waals surface area contributed by atoms with Crippen LogP contribution in [0.3, 0.4) is 0 Å². The molecule has 0 aromatic carbocycles. The number of nitrogens with one attached hydrogen (secondary N) is 1. The van der Waals surface area contributed by atoms with Gasteiger partial charge in [-0.15, -0.1) is 0 Å². The smallest absolute Gasteiger partial charge is 0.287 e. The van der Waals surface area contributed by atoms with Crippen LogP contribution >= 0.6 is 12.8 Å². The van der Waals surface area contributed by atoms with Crippen molar-refractivity contribution in [2.75, 3.05) is 6.54 Å². The molecule has 6 heteroatoms. The molecule has 1 rings (SSSR count). The summed E-state index contributed by atoms with van der Waals surface area (Å²) >= 11 is 3.60. The van der Waals surface area contributed by atoms with E-state index in [9.17, 15) is 14.4 Å². The van der Waals surface area contributed by atoms with Crippen molar-refractivity contribution < 1.29 is 14.4 Å². The molecule has 10 heavy (non-hydrogen) atoms. The molecule has 3 amide bonds. The Kier molecular flexibility index (Phi) is 1.62. The van der Waals surface area contributed by atoms with E-state index in [1.54, 1.807) is 5.32 Å². The number of hydrogen-bond acceptors (Lipinski definition) is 4. The summed E-state index contributed by atoms with van der Waals surface area (Å²) in [6, 6.07) is -0.659. The van der Waals surface area contributed by atoms with Gasteiger partial charge in [0.15, 0.2) is 0 Å². The summed E-state index contributed by atoms with van der Waals surface area (Å²) in [6.45, 7) is -0.256. The zero-order chi connectivity index (χ0) is 7.72. The zero-order valence-corrected chi connectivity index (χ0v) is 5.72. The number of hydrogen-bond donors (Lipinski definition) is 2. The van der Waals surface area contributed by atoms with Crippen molar-refractivity contribution in [3.63, 3.8) is 0 Å². The molecule has 0 aromatic rings. The number of thiol groups is 1. The number of urea groups is 1. The van der Waals surface area contributed by atoms with Gasteiger partial charge in [0.05, 0.1) is 0 Å². The van der Waals surface area contributed by atoms with Gasteiger partial charge in [0.25, 0.3) is 5.91 Å². The minimum absolute atomic E-state index is 0.256. The van der Waals surface area contributed by atoms with E-state index in [1.165, 1.54) is 0 Å². The fourth-order valence-electron chi connectivity index (χ4n) is 0.511. The summed E-state index contributed by atoms with van der Waals surface area (Å²) in [5.41, 5.74) is 0. The molecule has 1 fully saturated rings. The highest BCUT2D eigenvalue weighted by Crippen LogP contribution is 1.98. The Morgan fingerprint density at radius 2 is 2.00 bits per heavy atom.